The number of amidine groups is 1. The normalized spacial score (nSPS) is 7.27. The maximum absolute atomic E-state index is 7.01. The predicted molar refractivity (Wildman–Crippen MR) is 55.0 cm³/mol. The van der Waals surface area contributed by atoms with Gasteiger partial charge in [0.25, 0.3) is 0 Å². The minimum atomic E-state index is 0. The molecule has 62 valence electrons. The van der Waals surface area contributed by atoms with Crippen LogP contribution in [-0.2, 0) is 0 Å². The second kappa shape index (κ2) is 6.19. The van der Waals surface area contributed by atoms with Gasteiger partial charge in [-0.25, -0.2) is 0 Å². The molecule has 1 aromatic carbocycles. The third-order valence-corrected chi connectivity index (χ3v) is 1.08. The Labute approximate surface area is 82.5 Å². The molecule has 0 aliphatic heterocycles. The van der Waals surface area contributed by atoms with Crippen molar-refractivity contribution in [1.29, 1.82) is 5.41 Å². The van der Waals surface area contributed by atoms with Gasteiger partial charge in [0.15, 0.2) is 0 Å². The van der Waals surface area contributed by atoms with Crippen molar-refractivity contribution in [2.24, 2.45) is 5.73 Å². The molecule has 11 heavy (non-hydrogen) atoms. The minimum absolute atomic E-state index is 0. The van der Waals surface area contributed by atoms with Crippen LogP contribution >= 0.6 is 29.4 Å². The first kappa shape index (κ1) is 13.1. The molecule has 0 amide bonds. The van der Waals surface area contributed by atoms with E-state index in [1.165, 1.54) is 0 Å². The van der Waals surface area contributed by atoms with Crippen molar-refractivity contribution in [3.8, 4) is 0 Å². The Morgan fingerprint density at radius 3 is 1.91 bits per heavy atom. The Bertz CT molecular complexity index is 213. The van der Waals surface area contributed by atoms with Gasteiger partial charge in [-0.15, -0.1) is 29.4 Å². The summed E-state index contributed by atoms with van der Waals surface area (Å²) in [7, 11) is 0. The number of nitrogens with one attached hydrogen (secondary N) is 1. The molecule has 0 aromatic heterocycles. The number of hydrogen-bond donors (Lipinski definition) is 2. The minimum Gasteiger partial charge on any atom is -0.384 e. The molecule has 0 unspecified atom stereocenters. The van der Waals surface area contributed by atoms with Crippen LogP contribution in [-0.4, -0.2) is 5.84 Å². The fourth-order valence-corrected chi connectivity index (χ4v) is 0.618. The van der Waals surface area contributed by atoms with Crippen LogP contribution in [0.15, 0.2) is 30.3 Å². The molecule has 3 N–H and O–H groups in total. The second-order valence-electron chi connectivity index (χ2n) is 1.78. The van der Waals surface area contributed by atoms with E-state index in [2.05, 4.69) is 0 Å². The van der Waals surface area contributed by atoms with Gasteiger partial charge in [-0.05, 0) is 0 Å². The van der Waals surface area contributed by atoms with Gasteiger partial charge in [0.05, 0.1) is 0 Å². The Kier molecular flexibility index (Phi) is 7.36. The van der Waals surface area contributed by atoms with Crippen LogP contribution in [0.2, 0.25) is 0 Å². The number of halogens is 2. The van der Waals surface area contributed by atoms with Gasteiger partial charge < -0.3 is 5.73 Å². The molecule has 0 aliphatic carbocycles. The fraction of sp³-hybridized carbons (Fsp3) is 0. The number of nitrogen functional groups attached to an aromatic ring is 1. The van der Waals surface area contributed by atoms with Gasteiger partial charge in [0.1, 0.15) is 5.84 Å². The molecule has 4 heteroatoms. The van der Waals surface area contributed by atoms with Gasteiger partial charge in [-0.1, -0.05) is 30.3 Å². The third kappa shape index (κ3) is 4.01. The van der Waals surface area contributed by atoms with E-state index in [0.717, 1.165) is 5.56 Å². The average molecular weight is 238 g/mol. The van der Waals surface area contributed by atoms with Gasteiger partial charge in [0, 0.05) is 5.56 Å². The van der Waals surface area contributed by atoms with Crippen molar-refractivity contribution in [3.05, 3.63) is 35.9 Å². The summed E-state index contributed by atoms with van der Waals surface area (Å²) in [5.74, 6) is 0.121. The van der Waals surface area contributed by atoms with E-state index in [0.29, 0.717) is 0 Å². The molecule has 0 heterocycles. The van der Waals surface area contributed by atoms with Crippen LogP contribution < -0.4 is 5.73 Å². The summed E-state index contributed by atoms with van der Waals surface area (Å²) >= 11 is 0. The smallest absolute Gasteiger partial charge is 0.122 e. The van der Waals surface area contributed by atoms with Crippen molar-refractivity contribution in [1.82, 2.24) is 0 Å². The summed E-state index contributed by atoms with van der Waals surface area (Å²) in [5.41, 5.74) is 5.97. The highest BCUT2D eigenvalue weighted by molar-refractivity contribution is 8.93. The monoisotopic (exact) mass is 236 g/mol. The molecular weight excluding hydrogens is 227 g/mol. The molecule has 0 saturated carbocycles. The summed E-state index contributed by atoms with van der Waals surface area (Å²) in [6.45, 7) is 0. The van der Waals surface area contributed by atoms with Gasteiger partial charge in [-0.3, -0.25) is 5.41 Å². The maximum atomic E-state index is 7.01. The molecule has 0 fully saturated rings. The van der Waals surface area contributed by atoms with Crippen LogP contribution in [0.25, 0.3) is 0 Å². The molecule has 0 radical (unpaired) electrons. The molecule has 1 rings (SSSR count). The lowest BCUT2D eigenvalue weighted by molar-refractivity contribution is 1.42. The Hall–Kier alpha value is -0.540. The molecule has 0 saturated heterocycles. The number of hydrogen-bond acceptors (Lipinski definition) is 1. The first-order chi connectivity index (χ1) is 4.30. The first-order valence-corrected chi connectivity index (χ1v) is 2.70. The lowest BCUT2D eigenvalue weighted by atomic mass is 10.2. The zero-order valence-corrected chi connectivity index (χ0v) is 8.31. The average Bonchev–Trinajstić information content (AvgIpc) is 1.90. The Morgan fingerprint density at radius 2 is 1.64 bits per heavy atom. The SMILES string of the molecule is Br.Cl.N=C(N)c1ccccc1. The van der Waals surface area contributed by atoms with Crippen LogP contribution in [0, 0.1) is 5.41 Å². The van der Waals surface area contributed by atoms with E-state index in [1.54, 1.807) is 0 Å². The molecule has 2 nitrogen and oxygen atoms in total. The van der Waals surface area contributed by atoms with Gasteiger partial charge in [-0.2, -0.15) is 0 Å². The topological polar surface area (TPSA) is 49.9 Å². The highest BCUT2D eigenvalue weighted by Gasteiger charge is 1.89. The van der Waals surface area contributed by atoms with Crippen molar-refractivity contribution in [2.45, 2.75) is 0 Å². The van der Waals surface area contributed by atoms with Gasteiger partial charge in [0.2, 0.25) is 0 Å². The van der Waals surface area contributed by atoms with Gasteiger partial charge >= 0.3 is 0 Å². The summed E-state index contributed by atoms with van der Waals surface area (Å²) in [6, 6.07) is 9.23. The fourth-order valence-electron chi connectivity index (χ4n) is 0.618. The van der Waals surface area contributed by atoms with E-state index in [-0.39, 0.29) is 35.2 Å². The van der Waals surface area contributed by atoms with Crippen molar-refractivity contribution < 1.29 is 0 Å². The van der Waals surface area contributed by atoms with E-state index < -0.39 is 0 Å². The predicted octanol–water partition coefficient (Wildman–Crippen LogP) is 1.97. The molecule has 1 aromatic rings. The molecule has 0 spiro atoms. The number of benzene rings is 1. The highest BCUT2D eigenvalue weighted by atomic mass is 79.9. The molecule has 0 atom stereocenters. The van der Waals surface area contributed by atoms with Crippen molar-refractivity contribution in [3.63, 3.8) is 0 Å². The summed E-state index contributed by atoms with van der Waals surface area (Å²) < 4.78 is 0. The first-order valence-electron chi connectivity index (χ1n) is 2.70. The molecule has 0 aliphatic rings. The zero-order chi connectivity index (χ0) is 6.69. The quantitative estimate of drug-likeness (QED) is 0.569. The Morgan fingerprint density at radius 1 is 1.18 bits per heavy atom. The van der Waals surface area contributed by atoms with Crippen LogP contribution in [0.5, 0.6) is 0 Å². The van der Waals surface area contributed by atoms with E-state index in [1.807, 2.05) is 30.3 Å². The summed E-state index contributed by atoms with van der Waals surface area (Å²) in [4.78, 5) is 0. The largest absolute Gasteiger partial charge is 0.384 e. The van der Waals surface area contributed by atoms with Crippen molar-refractivity contribution in [2.75, 3.05) is 0 Å². The summed E-state index contributed by atoms with van der Waals surface area (Å²) in [6.07, 6.45) is 0. The van der Waals surface area contributed by atoms with E-state index >= 15 is 0 Å². The van der Waals surface area contributed by atoms with E-state index in [9.17, 15) is 0 Å². The molecule has 0 bridgehead atoms. The number of rotatable bonds is 1. The lowest BCUT2D eigenvalue weighted by Gasteiger charge is -1.93. The standard InChI is InChI=1S/C7H8N2.BrH.ClH/c8-7(9)6-4-2-1-3-5-6;;/h1-5H,(H3,8,9);2*1H. The summed E-state index contributed by atoms with van der Waals surface area (Å²) in [5, 5.41) is 7.01. The Balaban J connectivity index is 0. The van der Waals surface area contributed by atoms with Crippen molar-refractivity contribution >= 4 is 35.2 Å². The maximum Gasteiger partial charge on any atom is 0.122 e. The van der Waals surface area contributed by atoms with E-state index in [4.69, 9.17) is 11.1 Å². The zero-order valence-electron chi connectivity index (χ0n) is 5.78. The second-order valence-corrected chi connectivity index (χ2v) is 1.78. The lowest BCUT2D eigenvalue weighted by Crippen LogP contribution is -2.10. The van der Waals surface area contributed by atoms with Crippen LogP contribution in [0.3, 0.4) is 0 Å². The highest BCUT2D eigenvalue weighted by Crippen LogP contribution is 1.94. The number of nitrogens with two attached hydrogens (primary N) is 1. The third-order valence-electron chi connectivity index (χ3n) is 1.08. The van der Waals surface area contributed by atoms with Crippen LogP contribution in [0.1, 0.15) is 5.56 Å². The van der Waals surface area contributed by atoms with Crippen LogP contribution in [0.4, 0.5) is 0 Å². The molecular formula is C7H10BrClN2.